The van der Waals surface area contributed by atoms with Gasteiger partial charge in [0.25, 0.3) is 5.91 Å². The van der Waals surface area contributed by atoms with Gasteiger partial charge < -0.3 is 10.6 Å². The molecule has 1 heterocycles. The Labute approximate surface area is 159 Å². The first kappa shape index (κ1) is 18.6. The van der Waals surface area contributed by atoms with Gasteiger partial charge in [0.2, 0.25) is 5.95 Å². The van der Waals surface area contributed by atoms with E-state index in [2.05, 4.69) is 53.5 Å². The highest BCUT2D eigenvalue weighted by Crippen LogP contribution is 2.24. The van der Waals surface area contributed by atoms with Crippen LogP contribution in [-0.4, -0.2) is 15.9 Å². The van der Waals surface area contributed by atoms with Gasteiger partial charge in [-0.1, -0.05) is 50.2 Å². The normalized spacial score (nSPS) is 10.5. The summed E-state index contributed by atoms with van der Waals surface area (Å²) in [5.74, 6) is 0.261. The number of hydrogen-bond acceptors (Lipinski definition) is 4. The number of rotatable bonds is 6. The summed E-state index contributed by atoms with van der Waals surface area (Å²) in [6.45, 7) is 6.22. The Morgan fingerprint density at radius 2 is 1.59 bits per heavy atom. The van der Waals surface area contributed by atoms with Crippen LogP contribution in [0.5, 0.6) is 0 Å². The molecule has 0 bridgehead atoms. The number of nitrogens with zero attached hydrogens (tertiary/aromatic N) is 2. The summed E-state index contributed by atoms with van der Waals surface area (Å²) in [7, 11) is 0. The average molecular weight is 360 g/mol. The third-order valence-corrected chi connectivity index (χ3v) is 4.54. The van der Waals surface area contributed by atoms with E-state index in [4.69, 9.17) is 0 Å². The average Bonchev–Trinajstić information content (AvgIpc) is 2.70. The molecule has 27 heavy (non-hydrogen) atoms. The smallest absolute Gasteiger partial charge is 0.258 e. The van der Waals surface area contributed by atoms with Crippen LogP contribution in [-0.2, 0) is 12.8 Å². The van der Waals surface area contributed by atoms with Gasteiger partial charge in [0.1, 0.15) is 0 Å². The zero-order valence-corrected chi connectivity index (χ0v) is 15.9. The maximum Gasteiger partial charge on any atom is 0.258 e. The monoisotopic (exact) mass is 360 g/mol. The highest BCUT2D eigenvalue weighted by Gasteiger charge is 2.11. The molecular formula is C22H24N4O. The van der Waals surface area contributed by atoms with E-state index < -0.39 is 0 Å². The van der Waals surface area contributed by atoms with Crippen molar-refractivity contribution >= 4 is 23.2 Å². The van der Waals surface area contributed by atoms with Gasteiger partial charge in [-0.2, -0.15) is 0 Å². The molecule has 0 aliphatic rings. The lowest BCUT2D eigenvalue weighted by molar-refractivity contribution is 0.102. The van der Waals surface area contributed by atoms with Gasteiger partial charge in [0, 0.05) is 23.8 Å². The summed E-state index contributed by atoms with van der Waals surface area (Å²) in [6.07, 6.45) is 4.86. The van der Waals surface area contributed by atoms with Gasteiger partial charge in [0.15, 0.2) is 0 Å². The first-order valence-electron chi connectivity index (χ1n) is 9.19. The van der Waals surface area contributed by atoms with Gasteiger partial charge in [0.05, 0.1) is 5.56 Å². The molecule has 138 valence electrons. The standard InChI is InChI=1S/C22H24N4O/c1-4-16-10-6-7-12-19(16)25-21(27)18-13-23-22(24-14-18)26-20-15(3)9-8-11-17(20)5-2/h6-14H,4-5H2,1-3H3,(H,25,27)(H,23,24,26). The number of carbonyl (C=O) groups is 1. The number of nitrogens with one attached hydrogen (secondary N) is 2. The number of carbonyl (C=O) groups excluding carboxylic acids is 1. The van der Waals surface area contributed by atoms with Crippen LogP contribution < -0.4 is 10.6 Å². The van der Waals surface area contributed by atoms with Crippen LogP contribution in [0, 0.1) is 6.92 Å². The third kappa shape index (κ3) is 4.31. The summed E-state index contributed by atoms with van der Waals surface area (Å²) in [5, 5.41) is 6.21. The van der Waals surface area contributed by atoms with Crippen molar-refractivity contribution in [1.82, 2.24) is 9.97 Å². The molecular weight excluding hydrogens is 336 g/mol. The minimum absolute atomic E-state index is 0.215. The minimum atomic E-state index is -0.215. The van der Waals surface area contributed by atoms with Crippen LogP contribution in [0.15, 0.2) is 54.9 Å². The van der Waals surface area contributed by atoms with E-state index in [1.54, 1.807) is 12.4 Å². The van der Waals surface area contributed by atoms with Gasteiger partial charge in [-0.3, -0.25) is 4.79 Å². The SMILES string of the molecule is CCc1ccccc1NC(=O)c1cnc(Nc2c(C)cccc2CC)nc1. The highest BCUT2D eigenvalue weighted by atomic mass is 16.1. The van der Waals surface area contributed by atoms with E-state index in [0.717, 1.165) is 35.3 Å². The Kier molecular flexibility index (Phi) is 5.81. The molecule has 1 aromatic heterocycles. The molecule has 1 amide bonds. The fraction of sp³-hybridized carbons (Fsp3) is 0.227. The molecule has 0 radical (unpaired) electrons. The van der Waals surface area contributed by atoms with Crippen LogP contribution >= 0.6 is 0 Å². The van der Waals surface area contributed by atoms with Crippen molar-refractivity contribution in [3.63, 3.8) is 0 Å². The third-order valence-electron chi connectivity index (χ3n) is 4.54. The number of para-hydroxylation sites is 2. The Morgan fingerprint density at radius 1 is 0.926 bits per heavy atom. The predicted molar refractivity (Wildman–Crippen MR) is 110 cm³/mol. The van der Waals surface area contributed by atoms with Gasteiger partial charge in [-0.25, -0.2) is 9.97 Å². The molecule has 2 aromatic carbocycles. The Balaban J connectivity index is 1.75. The van der Waals surface area contributed by atoms with Gasteiger partial charge >= 0.3 is 0 Å². The van der Waals surface area contributed by atoms with Crippen molar-refractivity contribution in [2.75, 3.05) is 10.6 Å². The maximum atomic E-state index is 12.5. The van der Waals surface area contributed by atoms with Crippen LogP contribution in [0.1, 0.15) is 40.9 Å². The highest BCUT2D eigenvalue weighted by molar-refractivity contribution is 6.04. The largest absolute Gasteiger partial charge is 0.324 e. The lowest BCUT2D eigenvalue weighted by Gasteiger charge is -2.13. The van der Waals surface area contributed by atoms with Crippen LogP contribution in [0.3, 0.4) is 0 Å². The molecule has 0 spiro atoms. The van der Waals surface area contributed by atoms with E-state index in [1.165, 1.54) is 5.56 Å². The maximum absolute atomic E-state index is 12.5. The van der Waals surface area contributed by atoms with E-state index in [-0.39, 0.29) is 5.91 Å². The molecule has 0 saturated heterocycles. The summed E-state index contributed by atoms with van der Waals surface area (Å²) >= 11 is 0. The molecule has 0 aliphatic carbocycles. The number of hydrogen-bond donors (Lipinski definition) is 2. The van der Waals surface area contributed by atoms with Crippen molar-refractivity contribution in [3.8, 4) is 0 Å². The van der Waals surface area contributed by atoms with Gasteiger partial charge in [-0.15, -0.1) is 0 Å². The second-order valence-corrected chi connectivity index (χ2v) is 6.35. The molecule has 0 saturated carbocycles. The summed E-state index contributed by atoms with van der Waals surface area (Å²) in [6, 6.07) is 14.0. The molecule has 3 rings (SSSR count). The fourth-order valence-electron chi connectivity index (χ4n) is 2.97. The fourth-order valence-corrected chi connectivity index (χ4v) is 2.97. The second-order valence-electron chi connectivity index (χ2n) is 6.35. The van der Waals surface area contributed by atoms with Crippen LogP contribution in [0.2, 0.25) is 0 Å². The van der Waals surface area contributed by atoms with Crippen molar-refractivity contribution in [3.05, 3.63) is 77.1 Å². The lowest BCUT2D eigenvalue weighted by Crippen LogP contribution is -2.14. The van der Waals surface area contributed by atoms with Crippen molar-refractivity contribution in [1.29, 1.82) is 0 Å². The molecule has 0 fully saturated rings. The first-order valence-corrected chi connectivity index (χ1v) is 9.19. The first-order chi connectivity index (χ1) is 13.1. The van der Waals surface area contributed by atoms with Gasteiger partial charge in [-0.05, 0) is 42.5 Å². The molecule has 5 nitrogen and oxygen atoms in total. The zero-order chi connectivity index (χ0) is 19.2. The van der Waals surface area contributed by atoms with Crippen molar-refractivity contribution in [2.24, 2.45) is 0 Å². The Morgan fingerprint density at radius 3 is 2.30 bits per heavy atom. The van der Waals surface area contributed by atoms with E-state index in [9.17, 15) is 4.79 Å². The topological polar surface area (TPSA) is 66.9 Å². The summed E-state index contributed by atoms with van der Waals surface area (Å²) in [5.41, 5.74) is 5.70. The van der Waals surface area contributed by atoms with Crippen molar-refractivity contribution in [2.45, 2.75) is 33.6 Å². The van der Waals surface area contributed by atoms with Crippen LogP contribution in [0.25, 0.3) is 0 Å². The predicted octanol–water partition coefficient (Wildman–Crippen LogP) is 4.91. The van der Waals surface area contributed by atoms with E-state index in [0.29, 0.717) is 11.5 Å². The number of amides is 1. The Bertz CT molecular complexity index is 935. The van der Waals surface area contributed by atoms with Crippen molar-refractivity contribution < 1.29 is 4.79 Å². The molecule has 2 N–H and O–H groups in total. The van der Waals surface area contributed by atoms with E-state index >= 15 is 0 Å². The molecule has 0 atom stereocenters. The quantitative estimate of drug-likeness (QED) is 0.656. The number of aryl methyl sites for hydroxylation is 3. The second kappa shape index (κ2) is 8.45. The molecule has 5 heteroatoms. The molecule has 0 unspecified atom stereocenters. The van der Waals surface area contributed by atoms with E-state index in [1.807, 2.05) is 30.3 Å². The number of benzene rings is 2. The summed E-state index contributed by atoms with van der Waals surface area (Å²) in [4.78, 5) is 21.1. The lowest BCUT2D eigenvalue weighted by atomic mass is 10.1. The number of aromatic nitrogens is 2. The molecule has 3 aromatic rings. The number of anilines is 3. The minimum Gasteiger partial charge on any atom is -0.324 e. The zero-order valence-electron chi connectivity index (χ0n) is 15.9. The Hall–Kier alpha value is -3.21. The van der Waals surface area contributed by atoms with Crippen LogP contribution in [0.4, 0.5) is 17.3 Å². The summed E-state index contributed by atoms with van der Waals surface area (Å²) < 4.78 is 0. The molecule has 0 aliphatic heterocycles.